The fourth-order valence-corrected chi connectivity index (χ4v) is 5.76. The topological polar surface area (TPSA) is 89.3 Å². The van der Waals surface area contributed by atoms with Gasteiger partial charge in [-0.25, -0.2) is 4.79 Å². The van der Waals surface area contributed by atoms with Crippen LogP contribution in [0, 0.1) is 11.3 Å². The normalized spacial score (nSPS) is 47.5. The minimum Gasteiger partial charge on any atom is -0.461 e. The van der Waals surface area contributed by atoms with Crippen LogP contribution in [0.5, 0.6) is 0 Å². The first-order valence-corrected chi connectivity index (χ1v) is 8.54. The van der Waals surface area contributed by atoms with Gasteiger partial charge in [0.05, 0.1) is 12.2 Å². The lowest BCUT2D eigenvalue weighted by Crippen LogP contribution is -2.62. The van der Waals surface area contributed by atoms with E-state index in [1.54, 1.807) is 13.0 Å². The fourth-order valence-electron chi connectivity index (χ4n) is 5.76. The van der Waals surface area contributed by atoms with E-state index in [2.05, 4.69) is 0 Å². The Morgan fingerprint density at radius 3 is 2.75 bits per heavy atom. The second-order valence-electron chi connectivity index (χ2n) is 7.89. The summed E-state index contributed by atoms with van der Waals surface area (Å²) in [6.07, 6.45) is -0.648. The molecule has 2 aliphatic heterocycles. The zero-order valence-electron chi connectivity index (χ0n) is 13.9. The number of aliphatic hydroxyl groups is 1. The average Bonchev–Trinajstić information content (AvgIpc) is 3.29. The largest absolute Gasteiger partial charge is 0.461 e. The molecule has 2 saturated heterocycles. The molecular weight excluding hydrogens is 312 g/mol. The molecule has 4 aliphatic rings. The third-order valence-corrected chi connectivity index (χ3v) is 6.86. The molecule has 0 radical (unpaired) electrons. The van der Waals surface area contributed by atoms with Gasteiger partial charge in [-0.15, -0.1) is 0 Å². The van der Waals surface area contributed by atoms with Crippen LogP contribution < -0.4 is 5.63 Å². The van der Waals surface area contributed by atoms with Crippen molar-refractivity contribution in [1.29, 1.82) is 0 Å². The number of aliphatic hydroxyl groups excluding tert-OH is 1. The van der Waals surface area contributed by atoms with Gasteiger partial charge in [-0.3, -0.25) is 4.79 Å². The molecule has 128 valence electrons. The quantitative estimate of drug-likeness (QED) is 0.602. The van der Waals surface area contributed by atoms with Gasteiger partial charge in [-0.2, -0.15) is 0 Å². The maximum Gasteiger partial charge on any atom is 0.336 e. The molecule has 0 spiro atoms. The van der Waals surface area contributed by atoms with E-state index in [-0.39, 0.29) is 35.8 Å². The Bertz CT molecular complexity index is 827. The Morgan fingerprint density at radius 2 is 2.04 bits per heavy atom. The van der Waals surface area contributed by atoms with E-state index in [1.165, 1.54) is 0 Å². The molecule has 0 amide bonds. The standard InChI is InChI=1S/C18H20O6/c1-4-9-7-5-10-13-17(2,8(7)6-11(19)22-9)15-12(24-15)14(20)18(13,3)16(21)23-10/h6,10,12-15,20H,4-5H2,1-3H3/t10-,12+,13-,14+,15+,17-,18-/m1/s1. The molecule has 1 N–H and O–H groups in total. The molecule has 24 heavy (non-hydrogen) atoms. The number of ether oxygens (including phenoxy) is 2. The van der Waals surface area contributed by atoms with Gasteiger partial charge in [0.25, 0.3) is 0 Å². The lowest BCUT2D eigenvalue weighted by Gasteiger charge is -2.50. The third-order valence-electron chi connectivity index (χ3n) is 6.86. The first-order valence-electron chi connectivity index (χ1n) is 8.54. The lowest BCUT2D eigenvalue weighted by molar-refractivity contribution is -0.154. The van der Waals surface area contributed by atoms with Gasteiger partial charge in [0.1, 0.15) is 23.4 Å². The fraction of sp³-hybridized carbons (Fsp3) is 0.667. The summed E-state index contributed by atoms with van der Waals surface area (Å²) in [5.74, 6) is 0.0794. The summed E-state index contributed by atoms with van der Waals surface area (Å²) < 4.78 is 16.9. The van der Waals surface area contributed by atoms with Gasteiger partial charge in [0, 0.05) is 30.2 Å². The zero-order valence-corrected chi connectivity index (χ0v) is 13.9. The van der Waals surface area contributed by atoms with Crippen LogP contribution in [-0.2, 0) is 32.5 Å². The maximum absolute atomic E-state index is 12.6. The van der Waals surface area contributed by atoms with Crippen LogP contribution in [0.1, 0.15) is 37.7 Å². The highest BCUT2D eigenvalue weighted by atomic mass is 16.6. The molecule has 1 aromatic rings. The van der Waals surface area contributed by atoms with Gasteiger partial charge in [-0.1, -0.05) is 13.8 Å². The summed E-state index contributed by atoms with van der Waals surface area (Å²) in [5, 5.41) is 10.7. The molecule has 6 heteroatoms. The smallest absolute Gasteiger partial charge is 0.336 e. The second kappa shape index (κ2) is 4.11. The van der Waals surface area contributed by atoms with Crippen LogP contribution >= 0.6 is 0 Å². The lowest BCUT2D eigenvalue weighted by atomic mass is 9.49. The predicted molar refractivity (Wildman–Crippen MR) is 81.6 cm³/mol. The number of hydrogen-bond donors (Lipinski definition) is 1. The Morgan fingerprint density at radius 1 is 1.29 bits per heavy atom. The van der Waals surface area contributed by atoms with E-state index in [0.29, 0.717) is 18.6 Å². The van der Waals surface area contributed by atoms with Gasteiger partial charge in [-0.05, 0) is 18.1 Å². The second-order valence-corrected chi connectivity index (χ2v) is 7.89. The summed E-state index contributed by atoms with van der Waals surface area (Å²) in [7, 11) is 0. The summed E-state index contributed by atoms with van der Waals surface area (Å²) in [6.45, 7) is 5.76. The molecule has 3 fully saturated rings. The number of fused-ring (bicyclic) bond motifs is 4. The van der Waals surface area contributed by atoms with E-state index >= 15 is 0 Å². The SMILES string of the molecule is CCc1oc(=O)cc2c1C[C@H]1OC(=O)[C@@]3(C)[C@@H](O)[C@@H]4O[C@@H]4[C@@]2(C)[C@@H]13. The number of hydrogen-bond acceptors (Lipinski definition) is 6. The zero-order chi connectivity index (χ0) is 17.0. The number of aryl methyl sites for hydroxylation is 1. The van der Waals surface area contributed by atoms with Crippen molar-refractivity contribution < 1.29 is 23.8 Å². The monoisotopic (exact) mass is 332 g/mol. The van der Waals surface area contributed by atoms with Crippen molar-refractivity contribution in [2.24, 2.45) is 11.3 Å². The van der Waals surface area contributed by atoms with E-state index in [0.717, 1.165) is 11.1 Å². The van der Waals surface area contributed by atoms with Gasteiger partial charge >= 0.3 is 11.6 Å². The van der Waals surface area contributed by atoms with Crippen molar-refractivity contribution in [2.45, 2.75) is 63.4 Å². The van der Waals surface area contributed by atoms with Crippen LogP contribution in [0.4, 0.5) is 0 Å². The molecule has 3 heterocycles. The highest BCUT2D eigenvalue weighted by Gasteiger charge is 2.78. The highest BCUT2D eigenvalue weighted by Crippen LogP contribution is 2.66. The van der Waals surface area contributed by atoms with Crippen LogP contribution in [-0.4, -0.2) is 35.5 Å². The van der Waals surface area contributed by atoms with E-state index in [1.807, 2.05) is 13.8 Å². The van der Waals surface area contributed by atoms with Crippen molar-refractivity contribution in [1.82, 2.24) is 0 Å². The number of esters is 1. The summed E-state index contributed by atoms with van der Waals surface area (Å²) in [6, 6.07) is 1.55. The number of rotatable bonds is 1. The van der Waals surface area contributed by atoms with Crippen LogP contribution in [0.2, 0.25) is 0 Å². The highest BCUT2D eigenvalue weighted by molar-refractivity contribution is 5.82. The van der Waals surface area contributed by atoms with Crippen molar-refractivity contribution in [3.05, 3.63) is 33.4 Å². The Labute approximate surface area is 138 Å². The molecule has 0 bridgehead atoms. The van der Waals surface area contributed by atoms with E-state index in [9.17, 15) is 14.7 Å². The van der Waals surface area contributed by atoms with Crippen LogP contribution in [0.15, 0.2) is 15.3 Å². The van der Waals surface area contributed by atoms with Gasteiger partial charge in [0.2, 0.25) is 0 Å². The summed E-state index contributed by atoms with van der Waals surface area (Å²) >= 11 is 0. The average molecular weight is 332 g/mol. The number of carbonyl (C=O) groups is 1. The van der Waals surface area contributed by atoms with Gasteiger partial charge < -0.3 is 19.0 Å². The predicted octanol–water partition coefficient (Wildman–Crippen LogP) is 0.706. The van der Waals surface area contributed by atoms with E-state index < -0.39 is 16.9 Å². The Kier molecular flexibility index (Phi) is 2.51. The molecule has 0 unspecified atom stereocenters. The molecule has 1 saturated carbocycles. The van der Waals surface area contributed by atoms with E-state index in [4.69, 9.17) is 13.9 Å². The van der Waals surface area contributed by atoms with Crippen molar-refractivity contribution in [3.63, 3.8) is 0 Å². The third kappa shape index (κ3) is 1.38. The molecule has 1 aromatic heterocycles. The van der Waals surface area contributed by atoms with Crippen molar-refractivity contribution in [3.8, 4) is 0 Å². The molecule has 5 rings (SSSR count). The Hall–Kier alpha value is -1.66. The van der Waals surface area contributed by atoms with Crippen molar-refractivity contribution in [2.75, 3.05) is 0 Å². The minimum atomic E-state index is -1.00. The number of epoxide rings is 1. The molecule has 6 nitrogen and oxygen atoms in total. The first kappa shape index (κ1) is 14.7. The molecule has 7 atom stereocenters. The summed E-state index contributed by atoms with van der Waals surface area (Å²) in [4.78, 5) is 24.7. The molecule has 0 aromatic carbocycles. The van der Waals surface area contributed by atoms with Gasteiger partial charge in [0.15, 0.2) is 0 Å². The van der Waals surface area contributed by atoms with Crippen molar-refractivity contribution >= 4 is 5.97 Å². The van der Waals surface area contributed by atoms with Crippen LogP contribution in [0.25, 0.3) is 0 Å². The first-order chi connectivity index (χ1) is 11.3. The molecule has 2 aliphatic carbocycles. The molecular formula is C18H20O6. The maximum atomic E-state index is 12.6. The number of carbonyl (C=O) groups excluding carboxylic acids is 1. The Balaban J connectivity index is 1.81. The minimum absolute atomic E-state index is 0.201. The van der Waals surface area contributed by atoms with Crippen LogP contribution in [0.3, 0.4) is 0 Å². The summed E-state index contributed by atoms with van der Waals surface area (Å²) in [5.41, 5.74) is -0.0510.